The van der Waals surface area contributed by atoms with E-state index in [1.807, 2.05) is 6.92 Å². The molecule has 0 aliphatic rings. The van der Waals surface area contributed by atoms with Crippen molar-refractivity contribution in [3.63, 3.8) is 0 Å². The molecule has 0 aromatic heterocycles. The third kappa shape index (κ3) is 16.1. The quantitative estimate of drug-likeness (QED) is 0.279. The number of ether oxygens (including phenoxy) is 3. The van der Waals surface area contributed by atoms with E-state index < -0.39 is 0 Å². The van der Waals surface area contributed by atoms with E-state index in [1.54, 1.807) is 7.11 Å². The first-order chi connectivity index (χ1) is 12.1. The summed E-state index contributed by atoms with van der Waals surface area (Å²) in [5.74, 6) is 0.301. The van der Waals surface area contributed by atoms with Crippen molar-refractivity contribution >= 4 is 11.9 Å². The molecule has 0 saturated heterocycles. The van der Waals surface area contributed by atoms with E-state index in [0.717, 1.165) is 45.1 Å². The van der Waals surface area contributed by atoms with E-state index in [2.05, 4.69) is 6.92 Å². The van der Waals surface area contributed by atoms with Crippen LogP contribution in [0.25, 0.3) is 0 Å². The molecule has 1 unspecified atom stereocenters. The number of rotatable bonds is 17. The average molecular weight is 359 g/mol. The maximum atomic E-state index is 11.8. The van der Waals surface area contributed by atoms with Crippen molar-refractivity contribution in [1.29, 1.82) is 0 Å². The highest BCUT2D eigenvalue weighted by Crippen LogP contribution is 2.17. The second kappa shape index (κ2) is 17.7. The Kier molecular flexibility index (Phi) is 16.9. The van der Waals surface area contributed by atoms with Gasteiger partial charge in [0.15, 0.2) is 0 Å². The van der Waals surface area contributed by atoms with Gasteiger partial charge in [0.2, 0.25) is 0 Å². The van der Waals surface area contributed by atoms with Crippen LogP contribution in [-0.2, 0) is 23.8 Å². The Labute approximate surface area is 153 Å². The summed E-state index contributed by atoms with van der Waals surface area (Å²) in [5.41, 5.74) is 0. The Morgan fingerprint density at radius 1 is 0.720 bits per heavy atom. The van der Waals surface area contributed by atoms with Crippen LogP contribution in [-0.4, -0.2) is 38.9 Å². The van der Waals surface area contributed by atoms with Gasteiger partial charge in [-0.2, -0.15) is 0 Å². The van der Waals surface area contributed by atoms with E-state index in [9.17, 15) is 9.59 Å². The van der Waals surface area contributed by atoms with Crippen LogP contribution in [0.15, 0.2) is 0 Å². The minimum atomic E-state index is -0.140. The monoisotopic (exact) mass is 358 g/mol. The molecular weight excluding hydrogens is 320 g/mol. The molecule has 0 spiro atoms. The second-order valence-electron chi connectivity index (χ2n) is 6.58. The van der Waals surface area contributed by atoms with Crippen LogP contribution in [0.3, 0.4) is 0 Å². The molecule has 148 valence electrons. The van der Waals surface area contributed by atoms with Gasteiger partial charge in [-0.05, 0) is 38.0 Å². The molecule has 0 heterocycles. The average Bonchev–Trinajstić information content (AvgIpc) is 2.61. The van der Waals surface area contributed by atoms with Crippen molar-refractivity contribution in [3.05, 3.63) is 0 Å². The van der Waals surface area contributed by atoms with E-state index >= 15 is 0 Å². The molecule has 25 heavy (non-hydrogen) atoms. The molecule has 0 aliphatic heterocycles. The van der Waals surface area contributed by atoms with Crippen molar-refractivity contribution in [1.82, 2.24) is 0 Å². The predicted octanol–water partition coefficient (Wildman–Crippen LogP) is 4.67. The van der Waals surface area contributed by atoms with Crippen LogP contribution in [0, 0.1) is 5.92 Å². The lowest BCUT2D eigenvalue weighted by Crippen LogP contribution is -2.12. The Bertz CT molecular complexity index is 322. The van der Waals surface area contributed by atoms with Gasteiger partial charge in [0.1, 0.15) is 0 Å². The summed E-state index contributed by atoms with van der Waals surface area (Å²) in [5, 5.41) is 0. The van der Waals surface area contributed by atoms with Gasteiger partial charge in [0, 0.05) is 26.6 Å². The van der Waals surface area contributed by atoms with Crippen molar-refractivity contribution in [2.45, 2.75) is 84.5 Å². The molecule has 0 N–H and O–H groups in total. The molecule has 5 heteroatoms. The van der Waals surface area contributed by atoms with Crippen molar-refractivity contribution in [3.8, 4) is 0 Å². The first-order valence-electron chi connectivity index (χ1n) is 9.94. The molecule has 0 aliphatic carbocycles. The van der Waals surface area contributed by atoms with Gasteiger partial charge in [-0.3, -0.25) is 9.59 Å². The van der Waals surface area contributed by atoms with Crippen molar-refractivity contribution in [2.24, 2.45) is 5.92 Å². The number of unbranched alkanes of at least 4 members (excludes halogenated alkanes) is 3. The van der Waals surface area contributed by atoms with Gasteiger partial charge in [-0.25, -0.2) is 0 Å². The van der Waals surface area contributed by atoms with Gasteiger partial charge in [-0.15, -0.1) is 0 Å². The lowest BCUT2D eigenvalue weighted by molar-refractivity contribution is -0.144. The van der Waals surface area contributed by atoms with E-state index in [-0.39, 0.29) is 11.9 Å². The van der Waals surface area contributed by atoms with Crippen LogP contribution in [0.1, 0.15) is 84.5 Å². The lowest BCUT2D eigenvalue weighted by atomic mass is 9.96. The zero-order valence-corrected chi connectivity index (χ0v) is 16.5. The molecule has 0 saturated carbocycles. The maximum Gasteiger partial charge on any atom is 0.305 e. The molecule has 0 aromatic carbocycles. The number of carbonyl (C=O) groups is 2. The number of hydrogen-bond acceptors (Lipinski definition) is 5. The first kappa shape index (κ1) is 23.9. The standard InChI is InChI=1S/C20H38O5/c1-4-6-10-18(13-16-23-3)14-17-25-20(22)12-9-7-8-11-19(21)24-15-5-2/h18H,4-17H2,1-3H3. The minimum Gasteiger partial charge on any atom is -0.466 e. The highest BCUT2D eigenvalue weighted by molar-refractivity contribution is 5.69. The summed E-state index contributed by atoms with van der Waals surface area (Å²) in [4.78, 5) is 23.1. The normalized spacial score (nSPS) is 12.0. The molecule has 0 fully saturated rings. The SMILES string of the molecule is CCCCC(CCOC)CCOC(=O)CCCCCC(=O)OCCC. The molecule has 0 bridgehead atoms. The fourth-order valence-corrected chi connectivity index (χ4v) is 2.63. The molecule has 0 rings (SSSR count). The predicted molar refractivity (Wildman–Crippen MR) is 99.4 cm³/mol. The number of hydrogen-bond donors (Lipinski definition) is 0. The van der Waals surface area contributed by atoms with Gasteiger partial charge < -0.3 is 14.2 Å². The number of carbonyl (C=O) groups excluding carboxylic acids is 2. The zero-order valence-electron chi connectivity index (χ0n) is 16.5. The van der Waals surface area contributed by atoms with Gasteiger partial charge in [0.05, 0.1) is 13.2 Å². The Hall–Kier alpha value is -1.10. The summed E-state index contributed by atoms with van der Waals surface area (Å²) in [6, 6.07) is 0. The van der Waals surface area contributed by atoms with Crippen molar-refractivity contribution in [2.75, 3.05) is 26.9 Å². The fraction of sp³-hybridized carbons (Fsp3) is 0.900. The van der Waals surface area contributed by atoms with E-state index in [1.165, 1.54) is 19.3 Å². The topological polar surface area (TPSA) is 61.8 Å². The van der Waals surface area contributed by atoms with Crippen LogP contribution in [0.4, 0.5) is 0 Å². The van der Waals surface area contributed by atoms with Crippen LogP contribution >= 0.6 is 0 Å². The van der Waals surface area contributed by atoms with Gasteiger partial charge in [-0.1, -0.05) is 39.5 Å². The minimum absolute atomic E-state index is 0.130. The summed E-state index contributed by atoms with van der Waals surface area (Å²) in [7, 11) is 1.72. The van der Waals surface area contributed by atoms with Crippen LogP contribution in [0.5, 0.6) is 0 Å². The fourth-order valence-electron chi connectivity index (χ4n) is 2.63. The Balaban J connectivity index is 3.65. The summed E-state index contributed by atoms with van der Waals surface area (Å²) >= 11 is 0. The number of methoxy groups -OCH3 is 1. The highest BCUT2D eigenvalue weighted by Gasteiger charge is 2.10. The Morgan fingerprint density at radius 3 is 1.88 bits per heavy atom. The third-order valence-electron chi connectivity index (χ3n) is 4.21. The summed E-state index contributed by atoms with van der Waals surface area (Å²) in [6.07, 6.45) is 9.63. The summed E-state index contributed by atoms with van der Waals surface area (Å²) < 4.78 is 15.5. The van der Waals surface area contributed by atoms with Gasteiger partial charge in [0.25, 0.3) is 0 Å². The Morgan fingerprint density at radius 2 is 1.32 bits per heavy atom. The molecule has 0 radical (unpaired) electrons. The zero-order chi connectivity index (χ0) is 18.8. The molecular formula is C20H38O5. The molecule has 5 nitrogen and oxygen atoms in total. The highest BCUT2D eigenvalue weighted by atomic mass is 16.5. The van der Waals surface area contributed by atoms with E-state index in [0.29, 0.717) is 32.0 Å². The largest absolute Gasteiger partial charge is 0.466 e. The summed E-state index contributed by atoms with van der Waals surface area (Å²) in [6.45, 7) is 5.93. The van der Waals surface area contributed by atoms with Crippen LogP contribution in [0.2, 0.25) is 0 Å². The molecule has 0 aromatic rings. The van der Waals surface area contributed by atoms with E-state index in [4.69, 9.17) is 14.2 Å². The number of esters is 2. The second-order valence-corrected chi connectivity index (χ2v) is 6.58. The lowest BCUT2D eigenvalue weighted by Gasteiger charge is -2.16. The third-order valence-corrected chi connectivity index (χ3v) is 4.21. The van der Waals surface area contributed by atoms with Crippen LogP contribution < -0.4 is 0 Å². The molecule has 0 amide bonds. The molecule has 1 atom stereocenters. The first-order valence-corrected chi connectivity index (χ1v) is 9.94. The van der Waals surface area contributed by atoms with Crippen molar-refractivity contribution < 1.29 is 23.8 Å². The van der Waals surface area contributed by atoms with Gasteiger partial charge >= 0.3 is 11.9 Å². The smallest absolute Gasteiger partial charge is 0.305 e. The maximum absolute atomic E-state index is 11.8.